The summed E-state index contributed by atoms with van der Waals surface area (Å²) in [4.78, 5) is 23.9. The minimum atomic E-state index is -1.01. The molecule has 0 aromatic carbocycles. The average Bonchev–Trinajstić information content (AvgIpc) is 2.33. The van der Waals surface area contributed by atoms with E-state index in [2.05, 4.69) is 13.2 Å². The van der Waals surface area contributed by atoms with Crippen molar-refractivity contribution < 1.29 is 19.1 Å². The Morgan fingerprint density at radius 1 is 1.05 bits per heavy atom. The summed E-state index contributed by atoms with van der Waals surface area (Å²) in [6.45, 7) is 19.3. The van der Waals surface area contributed by atoms with Crippen LogP contribution in [0.2, 0.25) is 0 Å². The molecule has 0 unspecified atom stereocenters. The van der Waals surface area contributed by atoms with E-state index in [1.165, 1.54) is 0 Å². The van der Waals surface area contributed by atoms with Crippen LogP contribution in [0.25, 0.3) is 0 Å². The highest BCUT2D eigenvalue weighted by atomic mass is 16.6. The van der Waals surface area contributed by atoms with Gasteiger partial charge in [-0.3, -0.25) is 4.79 Å². The molecule has 0 aromatic heterocycles. The Morgan fingerprint density at radius 2 is 1.52 bits per heavy atom. The highest BCUT2D eigenvalue weighted by Crippen LogP contribution is 2.28. The number of hydrogen-bond donors (Lipinski definition) is 0. The van der Waals surface area contributed by atoms with E-state index in [0.717, 1.165) is 0 Å². The van der Waals surface area contributed by atoms with Crippen molar-refractivity contribution in [2.24, 2.45) is 0 Å². The van der Waals surface area contributed by atoms with Crippen LogP contribution in [0.3, 0.4) is 0 Å². The Balaban J connectivity index is 5.16. The maximum absolute atomic E-state index is 12.1. The lowest BCUT2D eigenvalue weighted by Gasteiger charge is -2.38. The summed E-state index contributed by atoms with van der Waals surface area (Å²) in [5.74, 6) is -0.630. The molecule has 0 aliphatic carbocycles. The quantitative estimate of drug-likeness (QED) is 0.507. The molecule has 1 atom stereocenters. The summed E-state index contributed by atoms with van der Waals surface area (Å²) in [6, 6.07) is 0. The minimum absolute atomic E-state index is 0.164. The molecule has 0 fully saturated rings. The summed E-state index contributed by atoms with van der Waals surface area (Å²) >= 11 is 0. The van der Waals surface area contributed by atoms with Gasteiger partial charge in [0.1, 0.15) is 11.2 Å². The van der Waals surface area contributed by atoms with Crippen LogP contribution in [-0.2, 0) is 19.1 Å². The van der Waals surface area contributed by atoms with E-state index in [0.29, 0.717) is 17.6 Å². The van der Waals surface area contributed by atoms with E-state index in [9.17, 15) is 9.59 Å². The van der Waals surface area contributed by atoms with Gasteiger partial charge in [-0.05, 0) is 53.5 Å². The maximum Gasteiger partial charge on any atom is 0.333 e. The van der Waals surface area contributed by atoms with Crippen molar-refractivity contribution in [2.75, 3.05) is 0 Å². The summed E-state index contributed by atoms with van der Waals surface area (Å²) < 4.78 is 11.4. The lowest BCUT2D eigenvalue weighted by molar-refractivity contribution is -0.187. The standard InChI is InChI=1S/C17H28O4/c1-10-13(16(6,7)21-15(19)12(4)5)20-17(8,9)14(18)11(2)3/h13H,2,4,10H2,1,3,5-9H3/t13-/m1/s1. The summed E-state index contributed by atoms with van der Waals surface area (Å²) in [5.41, 5.74) is -1.11. The molecule has 0 aromatic rings. The number of ketones is 1. The zero-order chi connectivity index (χ0) is 17.0. The monoisotopic (exact) mass is 296 g/mol. The molecule has 0 amide bonds. The number of esters is 1. The SMILES string of the molecule is C=C(C)C(=O)OC(C)(C)[C@@H](CC)OC(C)(C)C(=O)C(=C)C. The van der Waals surface area contributed by atoms with Crippen molar-refractivity contribution in [3.05, 3.63) is 24.3 Å². The molecule has 0 heterocycles. The van der Waals surface area contributed by atoms with Crippen LogP contribution in [0.1, 0.15) is 54.9 Å². The van der Waals surface area contributed by atoms with Crippen LogP contribution in [0.15, 0.2) is 24.3 Å². The normalized spacial score (nSPS) is 13.5. The number of Topliss-reactive ketones (excluding diaryl/α,β-unsaturated/α-hetero) is 1. The molecular weight excluding hydrogens is 268 g/mol. The molecule has 0 aliphatic heterocycles. The maximum atomic E-state index is 12.1. The van der Waals surface area contributed by atoms with E-state index in [1.807, 2.05) is 6.92 Å². The predicted molar refractivity (Wildman–Crippen MR) is 84.0 cm³/mol. The number of ether oxygens (including phenoxy) is 2. The van der Waals surface area contributed by atoms with Gasteiger partial charge in [0.05, 0.1) is 6.10 Å². The van der Waals surface area contributed by atoms with Gasteiger partial charge < -0.3 is 9.47 Å². The van der Waals surface area contributed by atoms with Gasteiger partial charge in [-0.15, -0.1) is 0 Å². The number of carbonyl (C=O) groups is 2. The molecule has 0 radical (unpaired) electrons. The van der Waals surface area contributed by atoms with Crippen LogP contribution in [0, 0.1) is 0 Å². The van der Waals surface area contributed by atoms with Crippen molar-refractivity contribution in [3.8, 4) is 0 Å². The number of carbonyl (C=O) groups excluding carboxylic acids is 2. The second-order valence-electron chi connectivity index (χ2n) is 6.41. The fourth-order valence-corrected chi connectivity index (χ4v) is 2.03. The van der Waals surface area contributed by atoms with E-state index in [1.54, 1.807) is 41.5 Å². The first-order chi connectivity index (χ1) is 9.35. The zero-order valence-corrected chi connectivity index (χ0v) is 14.3. The Bertz CT molecular complexity index is 444. The van der Waals surface area contributed by atoms with E-state index < -0.39 is 23.3 Å². The van der Waals surface area contributed by atoms with Gasteiger partial charge in [-0.1, -0.05) is 20.1 Å². The smallest absolute Gasteiger partial charge is 0.333 e. The molecule has 4 nitrogen and oxygen atoms in total. The van der Waals surface area contributed by atoms with Crippen molar-refractivity contribution in [3.63, 3.8) is 0 Å². The number of hydrogen-bond acceptors (Lipinski definition) is 4. The number of rotatable bonds is 8. The summed E-state index contributed by atoms with van der Waals surface area (Å²) in [5, 5.41) is 0. The van der Waals surface area contributed by atoms with E-state index >= 15 is 0 Å². The van der Waals surface area contributed by atoms with E-state index in [-0.39, 0.29) is 5.78 Å². The fourth-order valence-electron chi connectivity index (χ4n) is 2.03. The third kappa shape index (κ3) is 5.46. The molecule has 120 valence electrons. The van der Waals surface area contributed by atoms with E-state index in [4.69, 9.17) is 9.47 Å². The third-order valence-corrected chi connectivity index (χ3v) is 3.22. The topological polar surface area (TPSA) is 52.6 Å². The first-order valence-electron chi connectivity index (χ1n) is 7.12. The highest BCUT2D eigenvalue weighted by molar-refractivity contribution is 6.00. The predicted octanol–water partition coefficient (Wildman–Crippen LogP) is 3.60. The molecule has 0 saturated carbocycles. The molecule has 21 heavy (non-hydrogen) atoms. The molecule has 0 aliphatic rings. The van der Waals surface area contributed by atoms with Crippen LogP contribution in [-0.4, -0.2) is 29.1 Å². The van der Waals surface area contributed by atoms with Crippen LogP contribution >= 0.6 is 0 Å². The molecular formula is C17H28O4. The first-order valence-corrected chi connectivity index (χ1v) is 7.12. The van der Waals surface area contributed by atoms with Crippen LogP contribution in [0.5, 0.6) is 0 Å². The second-order valence-corrected chi connectivity index (χ2v) is 6.41. The zero-order valence-electron chi connectivity index (χ0n) is 14.3. The largest absolute Gasteiger partial charge is 0.454 e. The van der Waals surface area contributed by atoms with Gasteiger partial charge in [-0.2, -0.15) is 0 Å². The Hall–Kier alpha value is -1.42. The average molecular weight is 296 g/mol. The van der Waals surface area contributed by atoms with Crippen molar-refractivity contribution >= 4 is 11.8 Å². The summed E-state index contributed by atoms with van der Waals surface area (Å²) in [6.07, 6.45) is 0.183. The lowest BCUT2D eigenvalue weighted by Crippen LogP contribution is -2.49. The molecule has 0 rings (SSSR count). The molecule has 4 heteroatoms. The fraction of sp³-hybridized carbons (Fsp3) is 0.647. The lowest BCUT2D eigenvalue weighted by atomic mass is 9.94. The Morgan fingerprint density at radius 3 is 1.86 bits per heavy atom. The van der Waals surface area contributed by atoms with Gasteiger partial charge in [0.2, 0.25) is 0 Å². The molecule has 0 saturated heterocycles. The molecule has 0 N–H and O–H groups in total. The molecule has 0 bridgehead atoms. The minimum Gasteiger partial charge on any atom is -0.454 e. The second kappa shape index (κ2) is 7.03. The van der Waals surface area contributed by atoms with Crippen molar-refractivity contribution in [2.45, 2.75) is 72.2 Å². The Kier molecular flexibility index (Phi) is 6.55. The first kappa shape index (κ1) is 19.6. The van der Waals surface area contributed by atoms with Gasteiger partial charge in [-0.25, -0.2) is 4.79 Å². The van der Waals surface area contributed by atoms with Crippen LogP contribution < -0.4 is 0 Å². The third-order valence-electron chi connectivity index (χ3n) is 3.22. The molecule has 0 spiro atoms. The van der Waals surface area contributed by atoms with Gasteiger partial charge >= 0.3 is 5.97 Å². The Labute approximate surface area is 128 Å². The van der Waals surface area contributed by atoms with Gasteiger partial charge in [0.25, 0.3) is 0 Å². The van der Waals surface area contributed by atoms with Gasteiger partial charge in [0.15, 0.2) is 5.78 Å². The van der Waals surface area contributed by atoms with Crippen molar-refractivity contribution in [1.29, 1.82) is 0 Å². The van der Waals surface area contributed by atoms with Crippen LogP contribution in [0.4, 0.5) is 0 Å². The summed E-state index contributed by atoms with van der Waals surface area (Å²) in [7, 11) is 0. The highest BCUT2D eigenvalue weighted by Gasteiger charge is 2.40. The van der Waals surface area contributed by atoms with Crippen molar-refractivity contribution in [1.82, 2.24) is 0 Å². The van der Waals surface area contributed by atoms with Gasteiger partial charge in [0, 0.05) is 5.57 Å².